The van der Waals surface area contributed by atoms with E-state index in [0.29, 0.717) is 29.5 Å². The lowest BCUT2D eigenvalue weighted by Gasteiger charge is -2.20. The Morgan fingerprint density at radius 3 is 2.34 bits per heavy atom. The largest absolute Gasteiger partial charge is 0.486 e. The summed E-state index contributed by atoms with van der Waals surface area (Å²) in [6, 6.07) is 14.1. The first-order valence-corrected chi connectivity index (χ1v) is 12.4. The first-order valence-electron chi connectivity index (χ1n) is 9.54. The minimum atomic E-state index is -0.313. The van der Waals surface area contributed by atoms with E-state index < -0.39 is 0 Å². The van der Waals surface area contributed by atoms with Crippen molar-refractivity contribution in [1.82, 2.24) is 4.68 Å². The molecule has 2 aromatic carbocycles. The number of thioether (sulfide) groups is 1. The summed E-state index contributed by atoms with van der Waals surface area (Å²) in [7, 11) is 0. The number of halogens is 3. The van der Waals surface area contributed by atoms with Crippen LogP contribution < -0.4 is 9.75 Å². The Kier molecular flexibility index (Phi) is 6.90. The van der Waals surface area contributed by atoms with Gasteiger partial charge in [0, 0.05) is 17.0 Å². The fourth-order valence-electron chi connectivity index (χ4n) is 3.33. The number of ether oxygens (including phenoxy) is 1. The van der Waals surface area contributed by atoms with Gasteiger partial charge >= 0.3 is 0 Å². The quantitative estimate of drug-likeness (QED) is 0.238. The van der Waals surface area contributed by atoms with E-state index >= 15 is 0 Å². The number of nitrogens with zero attached hydrogens (tertiary/aromatic N) is 2. The number of hydrogen-bond donors (Lipinski definition) is 0. The van der Waals surface area contributed by atoms with Crippen LogP contribution in [0.25, 0.3) is 6.08 Å². The zero-order valence-corrected chi connectivity index (χ0v) is 21.9. The molecule has 1 aromatic heterocycles. The van der Waals surface area contributed by atoms with Crippen LogP contribution >= 0.6 is 55.8 Å². The summed E-state index contributed by atoms with van der Waals surface area (Å²) < 4.78 is 23.4. The van der Waals surface area contributed by atoms with E-state index in [0.717, 1.165) is 17.0 Å². The molecule has 32 heavy (non-hydrogen) atoms. The van der Waals surface area contributed by atoms with Crippen LogP contribution in [0.4, 0.5) is 4.39 Å². The SMILES string of the molecule is Cc1ccc(C)n1N1C(=O)/C(=C\c2cc(Br)c(OCc3ccccc3F)c(Br)c2)SC1=S. The van der Waals surface area contributed by atoms with Crippen LogP contribution in [0, 0.1) is 19.7 Å². The van der Waals surface area contributed by atoms with Gasteiger partial charge in [-0.05, 0) is 99.9 Å². The van der Waals surface area contributed by atoms with Gasteiger partial charge in [-0.15, -0.1) is 0 Å². The van der Waals surface area contributed by atoms with E-state index in [2.05, 4.69) is 31.9 Å². The molecule has 2 heterocycles. The second-order valence-electron chi connectivity index (χ2n) is 7.12. The van der Waals surface area contributed by atoms with Gasteiger partial charge in [0.25, 0.3) is 5.91 Å². The summed E-state index contributed by atoms with van der Waals surface area (Å²) in [5.74, 6) is 0.0672. The van der Waals surface area contributed by atoms with Gasteiger partial charge in [0.15, 0.2) is 4.32 Å². The van der Waals surface area contributed by atoms with Gasteiger partial charge in [0.2, 0.25) is 0 Å². The molecule has 1 fully saturated rings. The normalized spacial score (nSPS) is 15.2. The Balaban J connectivity index is 1.58. The molecule has 0 unspecified atom stereocenters. The van der Waals surface area contributed by atoms with Crippen molar-refractivity contribution in [2.24, 2.45) is 0 Å². The predicted molar refractivity (Wildman–Crippen MR) is 138 cm³/mol. The molecule has 1 amide bonds. The van der Waals surface area contributed by atoms with Crippen LogP contribution in [0.3, 0.4) is 0 Å². The van der Waals surface area contributed by atoms with Crippen molar-refractivity contribution in [2.75, 3.05) is 5.01 Å². The number of aromatic nitrogens is 1. The molecule has 0 atom stereocenters. The van der Waals surface area contributed by atoms with Gasteiger partial charge in [-0.2, -0.15) is 5.01 Å². The molecule has 0 spiro atoms. The Labute approximate surface area is 211 Å². The summed E-state index contributed by atoms with van der Waals surface area (Å²) in [6.07, 6.45) is 1.80. The van der Waals surface area contributed by atoms with Crippen LogP contribution in [0.2, 0.25) is 0 Å². The number of aryl methyl sites for hydroxylation is 2. The molecular formula is C23H17Br2FN2O2S2. The van der Waals surface area contributed by atoms with Gasteiger partial charge < -0.3 is 4.74 Å². The molecule has 1 saturated heterocycles. The molecule has 0 saturated carbocycles. The average Bonchev–Trinajstić information content (AvgIpc) is 3.20. The molecule has 1 aliphatic heterocycles. The molecule has 0 bridgehead atoms. The maximum absolute atomic E-state index is 13.9. The summed E-state index contributed by atoms with van der Waals surface area (Å²) in [6.45, 7) is 3.96. The molecule has 0 N–H and O–H groups in total. The van der Waals surface area contributed by atoms with Crippen molar-refractivity contribution in [1.29, 1.82) is 0 Å². The smallest absolute Gasteiger partial charge is 0.285 e. The van der Waals surface area contributed by atoms with Crippen LogP contribution in [0.1, 0.15) is 22.5 Å². The number of thiocarbonyl (C=S) groups is 1. The number of hydrogen-bond acceptors (Lipinski definition) is 4. The highest BCUT2D eigenvalue weighted by molar-refractivity contribution is 9.11. The topological polar surface area (TPSA) is 34.5 Å². The summed E-state index contributed by atoms with van der Waals surface area (Å²) >= 11 is 13.8. The molecule has 0 radical (unpaired) electrons. The first-order chi connectivity index (χ1) is 15.3. The Bertz CT molecular complexity index is 1230. The van der Waals surface area contributed by atoms with E-state index in [-0.39, 0.29) is 18.3 Å². The summed E-state index contributed by atoms with van der Waals surface area (Å²) in [4.78, 5) is 13.6. The zero-order chi connectivity index (χ0) is 23.0. The Morgan fingerprint density at radius 1 is 1.09 bits per heavy atom. The third-order valence-electron chi connectivity index (χ3n) is 4.86. The highest BCUT2D eigenvalue weighted by Crippen LogP contribution is 2.38. The van der Waals surface area contributed by atoms with Gasteiger partial charge in [-0.3, -0.25) is 9.47 Å². The molecule has 0 aliphatic carbocycles. The number of carbonyl (C=O) groups excluding carboxylic acids is 1. The Hall–Kier alpha value is -1.94. The van der Waals surface area contributed by atoms with Gasteiger partial charge in [0.05, 0.1) is 13.9 Å². The molecule has 4 rings (SSSR count). The lowest BCUT2D eigenvalue weighted by Crippen LogP contribution is -2.39. The van der Waals surface area contributed by atoms with Crippen LogP contribution in [0.5, 0.6) is 5.75 Å². The molecule has 9 heteroatoms. The maximum atomic E-state index is 13.9. The molecule has 4 nitrogen and oxygen atoms in total. The van der Waals surface area contributed by atoms with Crippen LogP contribution in [0.15, 0.2) is 62.4 Å². The van der Waals surface area contributed by atoms with E-state index in [9.17, 15) is 9.18 Å². The summed E-state index contributed by atoms with van der Waals surface area (Å²) in [5, 5.41) is 1.52. The van der Waals surface area contributed by atoms with E-state index in [4.69, 9.17) is 17.0 Å². The fourth-order valence-corrected chi connectivity index (χ4v) is 6.02. The van der Waals surface area contributed by atoms with Gasteiger partial charge in [-0.1, -0.05) is 30.0 Å². The summed E-state index contributed by atoms with van der Waals surface area (Å²) in [5.41, 5.74) is 3.13. The Morgan fingerprint density at radius 2 is 1.72 bits per heavy atom. The van der Waals surface area contributed by atoms with Crippen molar-refractivity contribution in [2.45, 2.75) is 20.5 Å². The minimum Gasteiger partial charge on any atom is -0.486 e. The van der Waals surface area contributed by atoms with E-state index in [1.54, 1.807) is 24.3 Å². The lowest BCUT2D eigenvalue weighted by molar-refractivity contribution is -0.114. The maximum Gasteiger partial charge on any atom is 0.285 e. The van der Waals surface area contributed by atoms with Gasteiger partial charge in [-0.25, -0.2) is 4.39 Å². The predicted octanol–water partition coefficient (Wildman–Crippen LogP) is 6.89. The van der Waals surface area contributed by atoms with Crippen LogP contribution in [-0.4, -0.2) is 14.9 Å². The first kappa shape index (κ1) is 23.2. The number of benzene rings is 2. The molecular weight excluding hydrogens is 579 g/mol. The standard InChI is InChI=1S/C23H17Br2FN2O2S2/c1-13-7-8-14(2)27(13)28-22(29)20(32-23(28)31)11-15-9-17(24)21(18(25)10-15)30-12-16-5-3-4-6-19(16)26/h3-11H,12H2,1-2H3/b20-11+. The molecule has 164 valence electrons. The highest BCUT2D eigenvalue weighted by Gasteiger charge is 2.34. The van der Waals surface area contributed by atoms with Crippen LogP contribution in [-0.2, 0) is 11.4 Å². The molecule has 1 aliphatic rings. The van der Waals surface area contributed by atoms with Crippen molar-refractivity contribution >= 4 is 72.1 Å². The van der Waals surface area contributed by atoms with Crippen molar-refractivity contribution < 1.29 is 13.9 Å². The number of amides is 1. The van der Waals surface area contributed by atoms with Crippen molar-refractivity contribution in [3.8, 4) is 5.75 Å². The molecule has 3 aromatic rings. The average molecular weight is 596 g/mol. The number of carbonyl (C=O) groups is 1. The van der Waals surface area contributed by atoms with E-state index in [1.165, 1.54) is 22.8 Å². The fraction of sp³-hybridized carbons (Fsp3) is 0.130. The lowest BCUT2D eigenvalue weighted by atomic mass is 10.2. The number of rotatable bonds is 5. The zero-order valence-electron chi connectivity index (χ0n) is 17.1. The monoisotopic (exact) mass is 594 g/mol. The van der Waals surface area contributed by atoms with Gasteiger partial charge in [0.1, 0.15) is 18.2 Å². The van der Waals surface area contributed by atoms with Crippen molar-refractivity contribution in [3.05, 3.63) is 90.7 Å². The second kappa shape index (κ2) is 9.51. The third kappa shape index (κ3) is 4.57. The second-order valence-corrected chi connectivity index (χ2v) is 10.5. The van der Waals surface area contributed by atoms with Crippen molar-refractivity contribution in [3.63, 3.8) is 0 Å². The third-order valence-corrected chi connectivity index (χ3v) is 7.32. The van der Waals surface area contributed by atoms with E-state index in [1.807, 2.05) is 42.8 Å². The minimum absolute atomic E-state index is 0.0947. The highest BCUT2D eigenvalue weighted by atomic mass is 79.9.